The maximum atomic E-state index is 12.2. The molecule has 0 saturated carbocycles. The van der Waals surface area contributed by atoms with E-state index in [0.717, 1.165) is 11.1 Å². The molecule has 1 aliphatic rings. The number of nitrogens with zero attached hydrogens (tertiary/aromatic N) is 1. The minimum absolute atomic E-state index is 0.187. The molecule has 1 aromatic carbocycles. The zero-order valence-corrected chi connectivity index (χ0v) is 10.6. The molecule has 2 amide bonds. The van der Waals surface area contributed by atoms with E-state index in [1.165, 1.54) is 4.90 Å². The minimum atomic E-state index is -0.187. The summed E-state index contributed by atoms with van der Waals surface area (Å²) in [5.41, 5.74) is 2.82. The topological polar surface area (TPSA) is 37.4 Å². The third-order valence-electron chi connectivity index (χ3n) is 3.24. The van der Waals surface area contributed by atoms with Gasteiger partial charge in [0.15, 0.2) is 0 Å². The van der Waals surface area contributed by atoms with Gasteiger partial charge in [0, 0.05) is 13.0 Å². The Bertz CT molecular complexity index is 526. The standard InChI is InChI=1S/C15H15NO2/c1-4-5-6-9-16-14(17)12-10(2)7-8-11(3)13(12)15(16)18/h1,7-8H,5-6,9H2,2-3H3. The van der Waals surface area contributed by atoms with Gasteiger partial charge in [0.05, 0.1) is 11.1 Å². The van der Waals surface area contributed by atoms with Gasteiger partial charge in [-0.05, 0) is 31.4 Å². The van der Waals surface area contributed by atoms with E-state index in [2.05, 4.69) is 5.92 Å². The van der Waals surface area contributed by atoms with Crippen LogP contribution in [0.3, 0.4) is 0 Å². The molecule has 0 fully saturated rings. The number of unbranched alkanes of at least 4 members (excludes halogenated alkanes) is 1. The highest BCUT2D eigenvalue weighted by Gasteiger charge is 2.37. The second kappa shape index (κ2) is 4.66. The minimum Gasteiger partial charge on any atom is -0.274 e. The number of rotatable bonds is 3. The van der Waals surface area contributed by atoms with Crippen LogP contribution in [-0.2, 0) is 0 Å². The summed E-state index contributed by atoms with van der Waals surface area (Å²) in [6.45, 7) is 4.11. The molecular weight excluding hydrogens is 226 g/mol. The molecule has 0 saturated heterocycles. The molecule has 1 heterocycles. The number of hydrogen-bond acceptors (Lipinski definition) is 2. The molecule has 0 aromatic heterocycles. The first-order valence-electron chi connectivity index (χ1n) is 5.97. The van der Waals surface area contributed by atoms with Gasteiger partial charge in [0.25, 0.3) is 11.8 Å². The van der Waals surface area contributed by atoms with Crippen molar-refractivity contribution in [1.82, 2.24) is 4.90 Å². The first-order chi connectivity index (χ1) is 8.57. The highest BCUT2D eigenvalue weighted by Crippen LogP contribution is 2.28. The number of imide groups is 1. The average molecular weight is 241 g/mol. The van der Waals surface area contributed by atoms with Crippen LogP contribution in [0.5, 0.6) is 0 Å². The number of carbonyl (C=O) groups excluding carboxylic acids is 2. The summed E-state index contributed by atoms with van der Waals surface area (Å²) in [6, 6.07) is 3.76. The molecule has 3 nitrogen and oxygen atoms in total. The number of carbonyl (C=O) groups is 2. The lowest BCUT2D eigenvalue weighted by molar-refractivity contribution is 0.0653. The fourth-order valence-corrected chi connectivity index (χ4v) is 2.27. The normalized spacial score (nSPS) is 13.7. The summed E-state index contributed by atoms with van der Waals surface area (Å²) in [6.07, 6.45) is 6.40. The largest absolute Gasteiger partial charge is 0.274 e. The number of benzene rings is 1. The molecule has 3 heteroatoms. The highest BCUT2D eigenvalue weighted by molar-refractivity contribution is 6.22. The van der Waals surface area contributed by atoms with E-state index in [1.54, 1.807) is 0 Å². The van der Waals surface area contributed by atoms with Gasteiger partial charge in [-0.3, -0.25) is 14.5 Å². The van der Waals surface area contributed by atoms with Crippen molar-refractivity contribution in [2.75, 3.05) is 6.54 Å². The molecule has 0 N–H and O–H groups in total. The van der Waals surface area contributed by atoms with Crippen molar-refractivity contribution in [1.29, 1.82) is 0 Å². The number of terminal acetylenes is 1. The fraction of sp³-hybridized carbons (Fsp3) is 0.333. The van der Waals surface area contributed by atoms with E-state index in [1.807, 2.05) is 26.0 Å². The van der Waals surface area contributed by atoms with Gasteiger partial charge >= 0.3 is 0 Å². The van der Waals surface area contributed by atoms with Gasteiger partial charge in [0.1, 0.15) is 0 Å². The van der Waals surface area contributed by atoms with Gasteiger partial charge in [-0.25, -0.2) is 0 Å². The monoisotopic (exact) mass is 241 g/mol. The summed E-state index contributed by atoms with van der Waals surface area (Å²) in [5, 5.41) is 0. The van der Waals surface area contributed by atoms with Gasteiger partial charge < -0.3 is 0 Å². The maximum absolute atomic E-state index is 12.2. The van der Waals surface area contributed by atoms with Gasteiger partial charge in [-0.2, -0.15) is 0 Å². The summed E-state index contributed by atoms with van der Waals surface area (Å²) < 4.78 is 0. The van der Waals surface area contributed by atoms with E-state index in [0.29, 0.717) is 30.5 Å². The van der Waals surface area contributed by atoms with Crippen LogP contribution in [0.25, 0.3) is 0 Å². The lowest BCUT2D eigenvalue weighted by atomic mass is 9.99. The molecule has 0 spiro atoms. The number of amides is 2. The second-order valence-electron chi connectivity index (χ2n) is 4.52. The van der Waals surface area contributed by atoms with Crippen LogP contribution in [0.15, 0.2) is 12.1 Å². The smallest absolute Gasteiger partial charge is 0.261 e. The van der Waals surface area contributed by atoms with Gasteiger partial charge in [-0.15, -0.1) is 12.3 Å². The Morgan fingerprint density at radius 1 is 1.11 bits per heavy atom. The lowest BCUT2D eigenvalue weighted by Crippen LogP contribution is -2.30. The average Bonchev–Trinajstić information content (AvgIpc) is 2.59. The Morgan fingerprint density at radius 3 is 2.06 bits per heavy atom. The Morgan fingerprint density at radius 2 is 1.61 bits per heavy atom. The summed E-state index contributed by atoms with van der Waals surface area (Å²) in [4.78, 5) is 25.8. The van der Waals surface area contributed by atoms with Crippen LogP contribution in [-0.4, -0.2) is 23.3 Å². The third kappa shape index (κ3) is 1.80. The van der Waals surface area contributed by atoms with Crippen molar-refractivity contribution in [2.24, 2.45) is 0 Å². The van der Waals surface area contributed by atoms with Crippen LogP contribution in [0.1, 0.15) is 44.7 Å². The molecule has 92 valence electrons. The fourth-order valence-electron chi connectivity index (χ4n) is 2.27. The van der Waals surface area contributed by atoms with Crippen molar-refractivity contribution >= 4 is 11.8 Å². The van der Waals surface area contributed by atoms with Gasteiger partial charge in [-0.1, -0.05) is 12.1 Å². The number of hydrogen-bond donors (Lipinski definition) is 0. The van der Waals surface area contributed by atoms with Crippen molar-refractivity contribution in [3.63, 3.8) is 0 Å². The van der Waals surface area contributed by atoms with Crippen molar-refractivity contribution < 1.29 is 9.59 Å². The predicted octanol–water partition coefficient (Wildman–Crippen LogP) is 2.31. The number of fused-ring (bicyclic) bond motifs is 1. The number of aryl methyl sites for hydroxylation is 2. The third-order valence-corrected chi connectivity index (χ3v) is 3.24. The second-order valence-corrected chi connectivity index (χ2v) is 4.52. The van der Waals surface area contributed by atoms with Crippen LogP contribution >= 0.6 is 0 Å². The SMILES string of the molecule is C#CCCCN1C(=O)c2c(C)ccc(C)c2C1=O. The van der Waals surface area contributed by atoms with Crippen LogP contribution < -0.4 is 0 Å². The van der Waals surface area contributed by atoms with Crippen LogP contribution in [0, 0.1) is 26.2 Å². The molecule has 1 aliphatic heterocycles. The van der Waals surface area contributed by atoms with Crippen molar-refractivity contribution in [3.05, 3.63) is 34.4 Å². The van der Waals surface area contributed by atoms with E-state index >= 15 is 0 Å². The summed E-state index contributed by atoms with van der Waals surface area (Å²) in [5.74, 6) is 2.14. The summed E-state index contributed by atoms with van der Waals surface area (Å²) >= 11 is 0. The van der Waals surface area contributed by atoms with E-state index in [4.69, 9.17) is 6.42 Å². The van der Waals surface area contributed by atoms with E-state index in [9.17, 15) is 9.59 Å². The molecule has 2 rings (SSSR count). The lowest BCUT2D eigenvalue weighted by Gasteiger charge is -2.12. The van der Waals surface area contributed by atoms with Crippen LogP contribution in [0.2, 0.25) is 0 Å². The Hall–Kier alpha value is -2.08. The molecule has 0 aliphatic carbocycles. The Labute approximate surface area is 107 Å². The first-order valence-corrected chi connectivity index (χ1v) is 5.97. The summed E-state index contributed by atoms with van der Waals surface area (Å²) in [7, 11) is 0. The molecule has 0 atom stereocenters. The first kappa shape index (κ1) is 12.4. The molecule has 0 radical (unpaired) electrons. The zero-order valence-electron chi connectivity index (χ0n) is 10.6. The molecule has 18 heavy (non-hydrogen) atoms. The van der Waals surface area contributed by atoms with E-state index in [-0.39, 0.29) is 11.8 Å². The Kier molecular flexibility index (Phi) is 3.20. The quantitative estimate of drug-likeness (QED) is 0.462. The predicted molar refractivity (Wildman–Crippen MR) is 69.4 cm³/mol. The van der Waals surface area contributed by atoms with Crippen LogP contribution in [0.4, 0.5) is 0 Å². The highest BCUT2D eigenvalue weighted by atomic mass is 16.2. The zero-order chi connectivity index (χ0) is 13.3. The molecular formula is C15H15NO2. The van der Waals surface area contributed by atoms with Crippen molar-refractivity contribution in [2.45, 2.75) is 26.7 Å². The molecule has 0 bridgehead atoms. The maximum Gasteiger partial charge on any atom is 0.261 e. The van der Waals surface area contributed by atoms with Crippen molar-refractivity contribution in [3.8, 4) is 12.3 Å². The Balaban J connectivity index is 2.36. The van der Waals surface area contributed by atoms with E-state index < -0.39 is 0 Å². The molecule has 0 unspecified atom stereocenters. The molecule has 1 aromatic rings. The van der Waals surface area contributed by atoms with Gasteiger partial charge in [0.2, 0.25) is 0 Å².